The summed E-state index contributed by atoms with van der Waals surface area (Å²) in [5, 5.41) is 10.4. The smallest absolute Gasteiger partial charge is 0.156 e. The minimum atomic E-state index is 0.274. The molecule has 0 amide bonds. The largest absolute Gasteiger partial charge is 0.393 e. The van der Waals surface area contributed by atoms with Crippen molar-refractivity contribution in [2.45, 2.75) is 13.3 Å². The second-order valence-electron chi connectivity index (χ2n) is 2.37. The van der Waals surface area contributed by atoms with Crippen molar-refractivity contribution in [2.75, 3.05) is 7.05 Å². The Labute approximate surface area is 71.6 Å². The molecule has 1 aliphatic heterocycles. The van der Waals surface area contributed by atoms with Crippen LogP contribution in [0.4, 0.5) is 0 Å². The lowest BCUT2D eigenvalue weighted by molar-refractivity contribution is 1.09. The Balaban J connectivity index is 2.96. The van der Waals surface area contributed by atoms with E-state index in [1.165, 1.54) is 6.34 Å². The topological polar surface area (TPSA) is 60.6 Å². The van der Waals surface area contributed by atoms with E-state index in [4.69, 9.17) is 5.41 Å². The minimum Gasteiger partial charge on any atom is -0.393 e. The molecule has 2 N–H and O–H groups in total. The van der Waals surface area contributed by atoms with Crippen LogP contribution < -0.4 is 5.32 Å². The number of aliphatic imine (C=N–C) groups is 2. The van der Waals surface area contributed by atoms with E-state index in [1.807, 2.05) is 6.92 Å². The maximum Gasteiger partial charge on any atom is 0.156 e. The van der Waals surface area contributed by atoms with Gasteiger partial charge in [0, 0.05) is 13.2 Å². The fraction of sp³-hybridized carbons (Fsp3) is 0.375. The third-order valence-electron chi connectivity index (χ3n) is 1.59. The van der Waals surface area contributed by atoms with E-state index in [1.54, 1.807) is 13.2 Å². The van der Waals surface area contributed by atoms with E-state index in [0.717, 1.165) is 17.7 Å². The van der Waals surface area contributed by atoms with Gasteiger partial charge < -0.3 is 5.32 Å². The molecule has 64 valence electrons. The highest BCUT2D eigenvalue weighted by Crippen LogP contribution is 2.07. The zero-order chi connectivity index (χ0) is 8.97. The maximum atomic E-state index is 7.50. The summed E-state index contributed by atoms with van der Waals surface area (Å²) in [6.07, 6.45) is 4.00. The first kappa shape index (κ1) is 8.64. The number of rotatable bonds is 2. The lowest BCUT2D eigenvalue weighted by atomic mass is 10.1. The standard InChI is InChI=1S/C8H12N4/c1-3-7-6(4-10-2)8(9)12-5-11-7/h4-5,9-10H,3H2,1-2H3/b6-4-,9-8?. The molecule has 0 aromatic rings. The zero-order valence-electron chi connectivity index (χ0n) is 7.26. The Bertz CT molecular complexity index is 273. The number of hydrogen-bond acceptors (Lipinski definition) is 3. The van der Waals surface area contributed by atoms with Crippen molar-refractivity contribution in [3.8, 4) is 0 Å². The molecule has 0 aromatic carbocycles. The average Bonchev–Trinajstić information content (AvgIpc) is 2.09. The van der Waals surface area contributed by atoms with Crippen molar-refractivity contribution in [1.82, 2.24) is 5.32 Å². The van der Waals surface area contributed by atoms with Crippen LogP contribution in [0.25, 0.3) is 0 Å². The van der Waals surface area contributed by atoms with Gasteiger partial charge in [0.05, 0.1) is 11.3 Å². The number of hydrogen-bond donors (Lipinski definition) is 2. The molecule has 0 fully saturated rings. The SMILES string of the molecule is CCC1=NC=NC(=N)/C1=C\NC. The van der Waals surface area contributed by atoms with E-state index in [0.29, 0.717) is 0 Å². The summed E-state index contributed by atoms with van der Waals surface area (Å²) in [4.78, 5) is 7.86. The Hall–Kier alpha value is -1.45. The monoisotopic (exact) mass is 164 g/mol. The van der Waals surface area contributed by atoms with Crippen molar-refractivity contribution >= 4 is 17.9 Å². The fourth-order valence-electron chi connectivity index (χ4n) is 1.01. The Kier molecular flexibility index (Phi) is 2.74. The van der Waals surface area contributed by atoms with Crippen LogP contribution in [-0.4, -0.2) is 24.9 Å². The van der Waals surface area contributed by atoms with Crippen LogP contribution in [0.1, 0.15) is 13.3 Å². The van der Waals surface area contributed by atoms with Crippen molar-refractivity contribution < 1.29 is 0 Å². The van der Waals surface area contributed by atoms with Crippen molar-refractivity contribution in [3.05, 3.63) is 11.8 Å². The molecule has 1 heterocycles. The van der Waals surface area contributed by atoms with E-state index in [2.05, 4.69) is 15.3 Å². The van der Waals surface area contributed by atoms with Gasteiger partial charge in [-0.25, -0.2) is 9.98 Å². The van der Waals surface area contributed by atoms with Crippen LogP contribution in [-0.2, 0) is 0 Å². The molecule has 0 spiro atoms. The van der Waals surface area contributed by atoms with Crippen molar-refractivity contribution in [3.63, 3.8) is 0 Å². The normalized spacial score (nSPS) is 19.7. The predicted octanol–water partition coefficient (Wildman–Crippen LogP) is 0.960. The Morgan fingerprint density at radius 2 is 2.42 bits per heavy atom. The molecule has 0 saturated carbocycles. The predicted molar refractivity (Wildman–Crippen MR) is 51.1 cm³/mol. The number of nitrogens with zero attached hydrogens (tertiary/aromatic N) is 2. The first-order valence-electron chi connectivity index (χ1n) is 3.85. The van der Waals surface area contributed by atoms with Gasteiger partial charge in [0.2, 0.25) is 0 Å². The van der Waals surface area contributed by atoms with Crippen molar-refractivity contribution in [2.24, 2.45) is 9.98 Å². The molecule has 0 saturated heterocycles. The van der Waals surface area contributed by atoms with E-state index < -0.39 is 0 Å². The highest BCUT2D eigenvalue weighted by Gasteiger charge is 2.12. The summed E-state index contributed by atoms with van der Waals surface area (Å²) in [7, 11) is 1.80. The molecule has 4 nitrogen and oxygen atoms in total. The molecule has 0 radical (unpaired) electrons. The summed E-state index contributed by atoms with van der Waals surface area (Å²) in [6.45, 7) is 2.01. The van der Waals surface area contributed by atoms with Gasteiger partial charge in [-0.05, 0) is 6.42 Å². The summed E-state index contributed by atoms with van der Waals surface area (Å²) in [5.74, 6) is 0.274. The molecule has 0 bridgehead atoms. The molecule has 0 unspecified atom stereocenters. The fourth-order valence-corrected chi connectivity index (χ4v) is 1.01. The first-order chi connectivity index (χ1) is 5.79. The number of nitrogens with one attached hydrogen (secondary N) is 2. The molecule has 0 aromatic heterocycles. The second kappa shape index (κ2) is 3.80. The molecular weight excluding hydrogens is 152 g/mol. The van der Waals surface area contributed by atoms with Gasteiger partial charge in [-0.1, -0.05) is 6.92 Å². The second-order valence-corrected chi connectivity index (χ2v) is 2.37. The molecule has 0 atom stereocenters. The van der Waals surface area contributed by atoms with Gasteiger partial charge in [-0.3, -0.25) is 5.41 Å². The molecule has 0 aliphatic carbocycles. The zero-order valence-corrected chi connectivity index (χ0v) is 7.26. The van der Waals surface area contributed by atoms with Gasteiger partial charge in [-0.2, -0.15) is 0 Å². The van der Waals surface area contributed by atoms with Crippen LogP contribution >= 0.6 is 0 Å². The summed E-state index contributed by atoms with van der Waals surface area (Å²) in [5.41, 5.74) is 1.69. The van der Waals surface area contributed by atoms with E-state index >= 15 is 0 Å². The minimum absolute atomic E-state index is 0.274. The lowest BCUT2D eigenvalue weighted by Gasteiger charge is -2.09. The van der Waals surface area contributed by atoms with Gasteiger partial charge in [-0.15, -0.1) is 0 Å². The molecule has 4 heteroatoms. The highest BCUT2D eigenvalue weighted by atomic mass is 15.0. The molecule has 1 rings (SSSR count). The summed E-state index contributed by atoms with van der Waals surface area (Å²) < 4.78 is 0. The van der Waals surface area contributed by atoms with Gasteiger partial charge in [0.1, 0.15) is 6.34 Å². The van der Waals surface area contributed by atoms with Crippen LogP contribution in [0.5, 0.6) is 0 Å². The van der Waals surface area contributed by atoms with Crippen LogP contribution in [0.15, 0.2) is 21.8 Å². The summed E-state index contributed by atoms with van der Waals surface area (Å²) >= 11 is 0. The van der Waals surface area contributed by atoms with Gasteiger partial charge in [0.25, 0.3) is 0 Å². The van der Waals surface area contributed by atoms with Gasteiger partial charge >= 0.3 is 0 Å². The third kappa shape index (κ3) is 1.58. The number of amidine groups is 1. The highest BCUT2D eigenvalue weighted by molar-refractivity contribution is 6.27. The quantitative estimate of drug-likeness (QED) is 0.627. The van der Waals surface area contributed by atoms with E-state index in [-0.39, 0.29) is 5.84 Å². The maximum absolute atomic E-state index is 7.50. The summed E-state index contributed by atoms with van der Waals surface area (Å²) in [6, 6.07) is 0. The van der Waals surface area contributed by atoms with E-state index in [9.17, 15) is 0 Å². The van der Waals surface area contributed by atoms with Crippen LogP contribution in [0, 0.1) is 5.41 Å². The molecular formula is C8H12N4. The van der Waals surface area contributed by atoms with Crippen LogP contribution in [0.2, 0.25) is 0 Å². The molecule has 1 aliphatic rings. The molecule has 12 heavy (non-hydrogen) atoms. The first-order valence-corrected chi connectivity index (χ1v) is 3.85. The third-order valence-corrected chi connectivity index (χ3v) is 1.59. The average molecular weight is 164 g/mol. The van der Waals surface area contributed by atoms with Crippen molar-refractivity contribution in [1.29, 1.82) is 5.41 Å². The Morgan fingerprint density at radius 1 is 1.67 bits per heavy atom. The van der Waals surface area contributed by atoms with Gasteiger partial charge in [0.15, 0.2) is 5.84 Å². The van der Waals surface area contributed by atoms with Crippen LogP contribution in [0.3, 0.4) is 0 Å². The Morgan fingerprint density at radius 3 is 3.00 bits per heavy atom. The lowest BCUT2D eigenvalue weighted by Crippen LogP contribution is -2.16.